The second-order valence-electron chi connectivity index (χ2n) is 5.61. The lowest BCUT2D eigenvalue weighted by Gasteiger charge is -2.02. The SMILES string of the molecule is O=C(C[n+]1ccc(Cc2ccc(Cl)cc2)cc1)c1ccc(Br)cc1. The average Bonchev–Trinajstić information content (AvgIpc) is 2.59. The van der Waals surface area contributed by atoms with Gasteiger partial charge in [-0.3, -0.25) is 4.79 Å². The molecular weight excluding hydrogens is 386 g/mol. The van der Waals surface area contributed by atoms with Gasteiger partial charge in [0.25, 0.3) is 0 Å². The van der Waals surface area contributed by atoms with E-state index in [1.54, 1.807) is 0 Å². The quantitative estimate of drug-likeness (QED) is 0.441. The fourth-order valence-corrected chi connectivity index (χ4v) is 2.83. The summed E-state index contributed by atoms with van der Waals surface area (Å²) in [7, 11) is 0. The summed E-state index contributed by atoms with van der Waals surface area (Å²) in [5.74, 6) is 0.0953. The van der Waals surface area contributed by atoms with Gasteiger partial charge in [0.05, 0.1) is 0 Å². The molecular formula is C20H16BrClNO+. The van der Waals surface area contributed by atoms with Gasteiger partial charge in [-0.25, -0.2) is 0 Å². The van der Waals surface area contributed by atoms with Gasteiger partial charge in [0.2, 0.25) is 12.3 Å². The first-order valence-corrected chi connectivity index (χ1v) is 8.78. The van der Waals surface area contributed by atoms with Gasteiger partial charge in [-0.15, -0.1) is 0 Å². The molecule has 0 spiro atoms. The normalized spacial score (nSPS) is 10.6. The van der Waals surface area contributed by atoms with Gasteiger partial charge in [0.1, 0.15) is 0 Å². The Morgan fingerprint density at radius 1 is 0.875 bits per heavy atom. The number of pyridine rings is 1. The summed E-state index contributed by atoms with van der Waals surface area (Å²) in [6, 6.07) is 19.4. The molecule has 0 saturated heterocycles. The summed E-state index contributed by atoms with van der Waals surface area (Å²) in [6.45, 7) is 0.336. The van der Waals surface area contributed by atoms with Crippen LogP contribution in [0, 0.1) is 0 Å². The molecule has 0 N–H and O–H groups in total. The predicted molar refractivity (Wildman–Crippen MR) is 99.4 cm³/mol. The first-order valence-electron chi connectivity index (χ1n) is 7.61. The van der Waals surface area contributed by atoms with Crippen LogP contribution in [-0.2, 0) is 13.0 Å². The van der Waals surface area contributed by atoms with Gasteiger partial charge < -0.3 is 0 Å². The molecule has 3 rings (SSSR count). The molecule has 0 radical (unpaired) electrons. The maximum absolute atomic E-state index is 12.3. The minimum absolute atomic E-state index is 0.0953. The lowest BCUT2D eigenvalue weighted by atomic mass is 10.1. The van der Waals surface area contributed by atoms with Gasteiger partial charge in [-0.05, 0) is 41.8 Å². The largest absolute Gasteiger partial charge is 0.287 e. The Labute approximate surface area is 154 Å². The predicted octanol–water partition coefficient (Wildman–Crippen LogP) is 4.86. The van der Waals surface area contributed by atoms with Crippen molar-refractivity contribution >= 4 is 33.3 Å². The number of rotatable bonds is 5. The van der Waals surface area contributed by atoms with Gasteiger partial charge in [-0.2, -0.15) is 4.57 Å². The average molecular weight is 402 g/mol. The second-order valence-corrected chi connectivity index (χ2v) is 6.96. The van der Waals surface area contributed by atoms with Gasteiger partial charge in [0, 0.05) is 27.2 Å². The topological polar surface area (TPSA) is 20.9 Å². The highest BCUT2D eigenvalue weighted by Gasteiger charge is 2.12. The number of halogens is 2. The molecule has 1 heterocycles. The van der Waals surface area contributed by atoms with Crippen LogP contribution in [0.15, 0.2) is 77.5 Å². The van der Waals surface area contributed by atoms with Crippen LogP contribution in [0.25, 0.3) is 0 Å². The van der Waals surface area contributed by atoms with Crippen LogP contribution < -0.4 is 4.57 Å². The van der Waals surface area contributed by atoms with E-state index in [1.165, 1.54) is 11.1 Å². The van der Waals surface area contributed by atoms with Gasteiger partial charge >= 0.3 is 0 Å². The standard InChI is InChI=1S/C20H16BrClNO/c21-18-5-3-17(4-6-18)20(24)14-23-11-9-16(10-12-23)13-15-1-7-19(22)8-2-15/h1-12H,13-14H2/q+1. The number of hydrogen-bond donors (Lipinski definition) is 0. The van der Waals surface area contributed by atoms with E-state index in [1.807, 2.05) is 77.6 Å². The number of carbonyl (C=O) groups is 1. The van der Waals surface area contributed by atoms with Crippen LogP contribution in [0.5, 0.6) is 0 Å². The number of Topliss-reactive ketones (excluding diaryl/α,β-unsaturated/α-hetero) is 1. The first-order chi connectivity index (χ1) is 11.6. The zero-order chi connectivity index (χ0) is 16.9. The number of nitrogens with zero attached hydrogens (tertiary/aromatic N) is 1. The highest BCUT2D eigenvalue weighted by molar-refractivity contribution is 9.10. The molecule has 2 nitrogen and oxygen atoms in total. The van der Waals surface area contributed by atoms with E-state index in [0.717, 1.165) is 21.5 Å². The number of ketones is 1. The van der Waals surface area contributed by atoms with Crippen LogP contribution in [0.2, 0.25) is 5.02 Å². The lowest BCUT2D eigenvalue weighted by Crippen LogP contribution is -2.37. The van der Waals surface area contributed by atoms with E-state index in [4.69, 9.17) is 11.6 Å². The van der Waals surface area contributed by atoms with Crippen molar-refractivity contribution in [3.05, 3.63) is 99.2 Å². The summed E-state index contributed by atoms with van der Waals surface area (Å²) in [5.41, 5.74) is 3.13. The van der Waals surface area contributed by atoms with Crippen LogP contribution >= 0.6 is 27.5 Å². The zero-order valence-corrected chi connectivity index (χ0v) is 15.3. The second kappa shape index (κ2) is 7.73. The van der Waals surface area contributed by atoms with E-state index in [-0.39, 0.29) is 5.78 Å². The Balaban J connectivity index is 1.64. The van der Waals surface area contributed by atoms with E-state index in [9.17, 15) is 4.79 Å². The Hall–Kier alpha value is -1.97. The Bertz CT molecular complexity index is 827. The minimum Gasteiger partial charge on any atom is -0.287 e. The smallest absolute Gasteiger partial charge is 0.227 e. The summed E-state index contributed by atoms with van der Waals surface area (Å²) >= 11 is 9.28. The molecule has 24 heavy (non-hydrogen) atoms. The highest BCUT2D eigenvalue weighted by Crippen LogP contribution is 2.13. The summed E-state index contributed by atoms with van der Waals surface area (Å²) in [4.78, 5) is 12.3. The highest BCUT2D eigenvalue weighted by atomic mass is 79.9. The Morgan fingerprint density at radius 3 is 2.08 bits per heavy atom. The fourth-order valence-electron chi connectivity index (χ4n) is 2.44. The first kappa shape index (κ1) is 16.9. The lowest BCUT2D eigenvalue weighted by molar-refractivity contribution is -0.683. The molecule has 0 amide bonds. The molecule has 0 aliphatic rings. The third-order valence-corrected chi connectivity index (χ3v) is 4.55. The van der Waals surface area contributed by atoms with Crippen LogP contribution in [0.4, 0.5) is 0 Å². The summed E-state index contributed by atoms with van der Waals surface area (Å²) in [6.07, 6.45) is 4.74. The monoisotopic (exact) mass is 400 g/mol. The third kappa shape index (κ3) is 4.53. The van der Waals surface area contributed by atoms with Crippen molar-refractivity contribution in [1.82, 2.24) is 0 Å². The Kier molecular flexibility index (Phi) is 5.44. The molecule has 1 aromatic heterocycles. The van der Waals surface area contributed by atoms with Crippen molar-refractivity contribution < 1.29 is 9.36 Å². The van der Waals surface area contributed by atoms with E-state index in [2.05, 4.69) is 15.9 Å². The maximum atomic E-state index is 12.3. The van der Waals surface area contributed by atoms with Crippen molar-refractivity contribution in [3.8, 4) is 0 Å². The Morgan fingerprint density at radius 2 is 1.46 bits per heavy atom. The van der Waals surface area contributed by atoms with Crippen molar-refractivity contribution in [2.24, 2.45) is 0 Å². The number of aromatic nitrogens is 1. The number of carbonyl (C=O) groups excluding carboxylic acids is 1. The van der Waals surface area contributed by atoms with Crippen LogP contribution in [-0.4, -0.2) is 5.78 Å². The van der Waals surface area contributed by atoms with E-state index < -0.39 is 0 Å². The molecule has 0 aliphatic heterocycles. The summed E-state index contributed by atoms with van der Waals surface area (Å²) in [5, 5.41) is 0.746. The van der Waals surface area contributed by atoms with E-state index >= 15 is 0 Å². The molecule has 0 fully saturated rings. The molecule has 2 aromatic carbocycles. The molecule has 3 aromatic rings. The molecule has 0 bridgehead atoms. The number of benzene rings is 2. The van der Waals surface area contributed by atoms with Crippen molar-refractivity contribution in [1.29, 1.82) is 0 Å². The minimum atomic E-state index is 0.0953. The summed E-state index contributed by atoms with van der Waals surface area (Å²) < 4.78 is 2.87. The van der Waals surface area contributed by atoms with Gasteiger partial charge in [0.15, 0.2) is 12.4 Å². The van der Waals surface area contributed by atoms with E-state index in [0.29, 0.717) is 6.54 Å². The molecule has 0 aliphatic carbocycles. The molecule has 0 saturated carbocycles. The molecule has 0 atom stereocenters. The maximum Gasteiger partial charge on any atom is 0.227 e. The number of hydrogen-bond acceptors (Lipinski definition) is 1. The van der Waals surface area contributed by atoms with Crippen LogP contribution in [0.3, 0.4) is 0 Å². The van der Waals surface area contributed by atoms with Gasteiger partial charge in [-0.1, -0.05) is 51.8 Å². The van der Waals surface area contributed by atoms with Crippen molar-refractivity contribution in [3.63, 3.8) is 0 Å². The molecule has 4 heteroatoms. The fraction of sp³-hybridized carbons (Fsp3) is 0.100. The van der Waals surface area contributed by atoms with Crippen molar-refractivity contribution in [2.45, 2.75) is 13.0 Å². The van der Waals surface area contributed by atoms with Crippen LogP contribution in [0.1, 0.15) is 21.5 Å². The molecule has 120 valence electrons. The van der Waals surface area contributed by atoms with Crippen molar-refractivity contribution in [2.75, 3.05) is 0 Å². The molecule has 0 unspecified atom stereocenters. The third-order valence-electron chi connectivity index (χ3n) is 3.77. The zero-order valence-electron chi connectivity index (χ0n) is 13.0.